The summed E-state index contributed by atoms with van der Waals surface area (Å²) in [4.78, 5) is 0. The van der Waals surface area contributed by atoms with Crippen molar-refractivity contribution in [1.82, 2.24) is 9.78 Å². The molecule has 2 N–H and O–H groups in total. The molecule has 0 amide bonds. The molecular weight excluding hydrogens is 238 g/mol. The van der Waals surface area contributed by atoms with E-state index < -0.39 is 0 Å². The van der Waals surface area contributed by atoms with Crippen LogP contribution < -0.4 is 5.73 Å². The van der Waals surface area contributed by atoms with Crippen molar-refractivity contribution >= 4 is 0 Å². The number of nitrogens with zero attached hydrogens (tertiary/aromatic N) is 2. The Balaban J connectivity index is 2.02. The average Bonchev–Trinajstić information content (AvgIpc) is 2.70. The van der Waals surface area contributed by atoms with Crippen molar-refractivity contribution in [2.45, 2.75) is 52.2 Å². The smallest absolute Gasteiger partial charge is 0.0981 e. The number of nitrogens with two attached hydrogens (primary N) is 1. The molecule has 0 spiro atoms. The summed E-state index contributed by atoms with van der Waals surface area (Å²) in [5.74, 6) is 0.723. The molecule has 3 atom stereocenters. The molecule has 0 aromatic carbocycles. The van der Waals surface area contributed by atoms with Gasteiger partial charge in [0.25, 0.3) is 0 Å². The molecule has 1 fully saturated rings. The lowest BCUT2D eigenvalue weighted by molar-refractivity contribution is -0.0635. The second-order valence-electron chi connectivity index (χ2n) is 6.84. The van der Waals surface area contributed by atoms with Crippen LogP contribution in [0, 0.1) is 11.3 Å². The van der Waals surface area contributed by atoms with Crippen molar-refractivity contribution in [3.8, 4) is 0 Å². The highest BCUT2D eigenvalue weighted by Crippen LogP contribution is 2.40. The molecule has 1 heterocycles. The second kappa shape index (κ2) is 5.63. The normalized spacial score (nSPS) is 28.3. The van der Waals surface area contributed by atoms with Gasteiger partial charge < -0.3 is 10.5 Å². The Labute approximate surface area is 116 Å². The molecule has 108 valence electrons. The van der Waals surface area contributed by atoms with Crippen molar-refractivity contribution in [1.29, 1.82) is 0 Å². The van der Waals surface area contributed by atoms with E-state index in [1.54, 1.807) is 4.68 Å². The summed E-state index contributed by atoms with van der Waals surface area (Å²) in [6.45, 7) is 7.50. The highest BCUT2D eigenvalue weighted by Gasteiger charge is 2.33. The van der Waals surface area contributed by atoms with E-state index in [0.717, 1.165) is 24.3 Å². The third-order valence-corrected chi connectivity index (χ3v) is 4.01. The highest BCUT2D eigenvalue weighted by molar-refractivity contribution is 5.08. The molecule has 2 rings (SSSR count). The van der Waals surface area contributed by atoms with Gasteiger partial charge in [-0.05, 0) is 30.6 Å². The summed E-state index contributed by atoms with van der Waals surface area (Å²) in [5, 5.41) is 4.20. The van der Waals surface area contributed by atoms with Gasteiger partial charge in [0.05, 0.1) is 18.4 Å². The minimum atomic E-state index is -0.0280. The SMILES string of the molecule is CC1CC(OC(CN)c2cnn(C)c2)CC(C)(C)C1. The zero-order valence-electron chi connectivity index (χ0n) is 12.6. The molecule has 1 aromatic heterocycles. The van der Waals surface area contributed by atoms with Crippen molar-refractivity contribution in [3.05, 3.63) is 18.0 Å². The lowest BCUT2D eigenvalue weighted by Gasteiger charge is -2.40. The Morgan fingerprint density at radius 3 is 2.79 bits per heavy atom. The molecule has 4 nitrogen and oxygen atoms in total. The number of hydrogen-bond donors (Lipinski definition) is 1. The van der Waals surface area contributed by atoms with E-state index in [9.17, 15) is 0 Å². The summed E-state index contributed by atoms with van der Waals surface area (Å²) < 4.78 is 8.07. The summed E-state index contributed by atoms with van der Waals surface area (Å²) in [6, 6.07) is 0. The van der Waals surface area contributed by atoms with Gasteiger partial charge in [-0.3, -0.25) is 4.68 Å². The Morgan fingerprint density at radius 1 is 1.53 bits per heavy atom. The van der Waals surface area contributed by atoms with Crippen LogP contribution in [0.5, 0.6) is 0 Å². The van der Waals surface area contributed by atoms with Crippen LogP contribution in [0.15, 0.2) is 12.4 Å². The van der Waals surface area contributed by atoms with Gasteiger partial charge in [0, 0.05) is 25.4 Å². The first-order valence-corrected chi connectivity index (χ1v) is 7.23. The third kappa shape index (κ3) is 3.80. The maximum Gasteiger partial charge on any atom is 0.0981 e. The lowest BCUT2D eigenvalue weighted by atomic mass is 9.71. The minimum absolute atomic E-state index is 0.0280. The highest BCUT2D eigenvalue weighted by atomic mass is 16.5. The van der Waals surface area contributed by atoms with Gasteiger partial charge in [0.15, 0.2) is 0 Å². The Hall–Kier alpha value is -0.870. The Morgan fingerprint density at radius 2 is 2.26 bits per heavy atom. The van der Waals surface area contributed by atoms with Gasteiger partial charge in [-0.2, -0.15) is 5.10 Å². The van der Waals surface area contributed by atoms with E-state index in [4.69, 9.17) is 10.5 Å². The van der Waals surface area contributed by atoms with Crippen molar-refractivity contribution in [2.24, 2.45) is 24.1 Å². The molecule has 3 unspecified atom stereocenters. The first-order valence-electron chi connectivity index (χ1n) is 7.23. The summed E-state index contributed by atoms with van der Waals surface area (Å²) in [6.07, 6.45) is 7.68. The van der Waals surface area contributed by atoms with E-state index in [1.807, 2.05) is 19.4 Å². The van der Waals surface area contributed by atoms with Gasteiger partial charge >= 0.3 is 0 Å². The van der Waals surface area contributed by atoms with Gasteiger partial charge in [0.1, 0.15) is 0 Å². The van der Waals surface area contributed by atoms with Crippen molar-refractivity contribution in [2.75, 3.05) is 6.54 Å². The molecule has 0 bridgehead atoms. The molecule has 1 aromatic rings. The van der Waals surface area contributed by atoms with Crippen LogP contribution in [0.1, 0.15) is 51.7 Å². The van der Waals surface area contributed by atoms with E-state index >= 15 is 0 Å². The maximum absolute atomic E-state index is 6.27. The van der Waals surface area contributed by atoms with Gasteiger partial charge in [-0.15, -0.1) is 0 Å². The van der Waals surface area contributed by atoms with Gasteiger partial charge in [-0.25, -0.2) is 0 Å². The number of aryl methyl sites for hydroxylation is 1. The molecule has 1 aliphatic rings. The van der Waals surface area contributed by atoms with Crippen LogP contribution in [-0.2, 0) is 11.8 Å². The standard InChI is InChI=1S/C15H27N3O/c1-11-5-13(7-15(2,3)6-11)19-14(8-16)12-9-17-18(4)10-12/h9-11,13-14H,5-8,16H2,1-4H3. The zero-order valence-corrected chi connectivity index (χ0v) is 12.6. The third-order valence-electron chi connectivity index (χ3n) is 4.01. The van der Waals surface area contributed by atoms with Crippen LogP contribution in [-0.4, -0.2) is 22.4 Å². The minimum Gasteiger partial charge on any atom is -0.369 e. The summed E-state index contributed by atoms with van der Waals surface area (Å²) >= 11 is 0. The summed E-state index contributed by atoms with van der Waals surface area (Å²) in [5.41, 5.74) is 7.33. The number of rotatable bonds is 4. The molecule has 1 aliphatic carbocycles. The fraction of sp³-hybridized carbons (Fsp3) is 0.800. The van der Waals surface area contributed by atoms with Crippen LogP contribution in [0.4, 0.5) is 0 Å². The Kier molecular flexibility index (Phi) is 4.31. The quantitative estimate of drug-likeness (QED) is 0.910. The molecule has 0 saturated heterocycles. The molecule has 4 heteroatoms. The molecule has 19 heavy (non-hydrogen) atoms. The number of aromatic nitrogens is 2. The van der Waals surface area contributed by atoms with Gasteiger partial charge in [0.2, 0.25) is 0 Å². The summed E-state index contributed by atoms with van der Waals surface area (Å²) in [7, 11) is 1.92. The average molecular weight is 265 g/mol. The lowest BCUT2D eigenvalue weighted by Crippen LogP contribution is -2.34. The maximum atomic E-state index is 6.27. The fourth-order valence-corrected chi connectivity index (χ4v) is 3.47. The topological polar surface area (TPSA) is 53.1 Å². The second-order valence-corrected chi connectivity index (χ2v) is 6.84. The first-order chi connectivity index (χ1) is 8.89. The van der Waals surface area contributed by atoms with E-state index in [-0.39, 0.29) is 6.10 Å². The van der Waals surface area contributed by atoms with E-state index in [0.29, 0.717) is 18.1 Å². The van der Waals surface area contributed by atoms with Crippen molar-refractivity contribution in [3.63, 3.8) is 0 Å². The molecular formula is C15H27N3O. The van der Waals surface area contributed by atoms with Gasteiger partial charge in [-0.1, -0.05) is 20.8 Å². The monoisotopic (exact) mass is 265 g/mol. The predicted octanol–water partition coefficient (Wildman–Crippen LogP) is 2.65. The molecule has 0 radical (unpaired) electrons. The van der Waals surface area contributed by atoms with Crippen LogP contribution in [0.25, 0.3) is 0 Å². The number of hydrogen-bond acceptors (Lipinski definition) is 3. The number of ether oxygens (including phenoxy) is 1. The predicted molar refractivity (Wildman–Crippen MR) is 76.7 cm³/mol. The Bertz CT molecular complexity index is 413. The largest absolute Gasteiger partial charge is 0.369 e. The van der Waals surface area contributed by atoms with Crippen molar-refractivity contribution < 1.29 is 4.74 Å². The first kappa shape index (κ1) is 14.5. The molecule has 0 aliphatic heterocycles. The van der Waals surface area contributed by atoms with E-state index in [2.05, 4.69) is 25.9 Å². The fourth-order valence-electron chi connectivity index (χ4n) is 3.47. The van der Waals surface area contributed by atoms with E-state index in [1.165, 1.54) is 6.42 Å². The van der Waals surface area contributed by atoms with Crippen LogP contribution in [0.3, 0.4) is 0 Å². The zero-order chi connectivity index (χ0) is 14.0. The molecule has 1 saturated carbocycles. The van der Waals surface area contributed by atoms with Crippen LogP contribution in [0.2, 0.25) is 0 Å². The van der Waals surface area contributed by atoms with Crippen LogP contribution >= 0.6 is 0 Å².